The van der Waals surface area contributed by atoms with Crippen LogP contribution in [0.15, 0.2) is 46.9 Å². The Bertz CT molecular complexity index is 1170. The zero-order valence-electron chi connectivity index (χ0n) is 18.5. The Hall–Kier alpha value is -2.60. The van der Waals surface area contributed by atoms with E-state index < -0.39 is 0 Å². The number of anilines is 1. The smallest absolute Gasteiger partial charge is 0.229 e. The van der Waals surface area contributed by atoms with Crippen molar-refractivity contribution in [3.8, 4) is 11.3 Å². The van der Waals surface area contributed by atoms with Crippen molar-refractivity contribution in [3.63, 3.8) is 0 Å². The number of halogens is 2. The number of rotatable bonds is 5. The lowest BCUT2D eigenvalue weighted by molar-refractivity contribution is -0.115. The molecule has 170 valence electrons. The van der Waals surface area contributed by atoms with Gasteiger partial charge in [0.25, 0.3) is 0 Å². The van der Waals surface area contributed by atoms with E-state index in [1.54, 1.807) is 6.07 Å². The lowest BCUT2D eigenvalue weighted by atomic mass is 9.85. The fourth-order valence-electron chi connectivity index (χ4n) is 5.02. The van der Waals surface area contributed by atoms with Crippen LogP contribution in [-0.4, -0.2) is 15.9 Å². The number of amides is 1. The summed E-state index contributed by atoms with van der Waals surface area (Å²) in [6.45, 7) is 0. The molecule has 1 saturated carbocycles. The summed E-state index contributed by atoms with van der Waals surface area (Å²) in [5, 5.41) is 3.06. The van der Waals surface area contributed by atoms with Gasteiger partial charge in [-0.25, -0.2) is 14.4 Å². The quantitative estimate of drug-likeness (QED) is 0.431. The van der Waals surface area contributed by atoms with Gasteiger partial charge in [0.1, 0.15) is 5.82 Å². The Morgan fingerprint density at radius 3 is 2.61 bits per heavy atom. The van der Waals surface area contributed by atoms with Gasteiger partial charge in [0.05, 0.1) is 23.5 Å². The lowest BCUT2D eigenvalue weighted by Gasteiger charge is -2.24. The summed E-state index contributed by atoms with van der Waals surface area (Å²) in [7, 11) is 0. The van der Waals surface area contributed by atoms with Gasteiger partial charge in [0.15, 0.2) is 5.82 Å². The normalized spacial score (nSPS) is 15.6. The van der Waals surface area contributed by atoms with Gasteiger partial charge in [0, 0.05) is 10.0 Å². The molecule has 6 heteroatoms. The molecule has 2 aliphatic carbocycles. The highest BCUT2D eigenvalue weighted by molar-refractivity contribution is 9.10. The summed E-state index contributed by atoms with van der Waals surface area (Å²) in [5.41, 5.74) is 5.46. The molecule has 1 N–H and O–H groups in total. The SMILES string of the molecule is O=C(Cc1ccc(Br)cc1)Nc1nc2c(nc1CC1CCCCC1)-c1ccc(F)cc1CC2. The Kier molecular flexibility index (Phi) is 6.54. The van der Waals surface area contributed by atoms with Crippen molar-refractivity contribution in [2.24, 2.45) is 5.92 Å². The van der Waals surface area contributed by atoms with E-state index in [9.17, 15) is 9.18 Å². The molecule has 0 spiro atoms. The van der Waals surface area contributed by atoms with Crippen LogP contribution in [0, 0.1) is 11.7 Å². The van der Waals surface area contributed by atoms with Crippen LogP contribution in [0.2, 0.25) is 0 Å². The molecule has 0 saturated heterocycles. The van der Waals surface area contributed by atoms with E-state index in [1.807, 2.05) is 30.3 Å². The first-order valence-corrected chi connectivity index (χ1v) is 12.6. The van der Waals surface area contributed by atoms with Crippen LogP contribution in [0.3, 0.4) is 0 Å². The molecule has 2 aliphatic rings. The molecule has 0 unspecified atom stereocenters. The average molecular weight is 508 g/mol. The first-order valence-electron chi connectivity index (χ1n) is 11.8. The molecule has 1 aromatic heterocycles. The third-order valence-corrected chi connectivity index (χ3v) is 7.26. The van der Waals surface area contributed by atoms with Crippen LogP contribution in [0.5, 0.6) is 0 Å². The van der Waals surface area contributed by atoms with E-state index in [-0.39, 0.29) is 18.1 Å². The number of fused-ring (bicyclic) bond motifs is 3. The first kappa shape index (κ1) is 22.2. The third-order valence-electron chi connectivity index (χ3n) is 6.74. The molecule has 0 radical (unpaired) electrons. The number of carbonyl (C=O) groups is 1. The molecular weight excluding hydrogens is 481 g/mol. The van der Waals surface area contributed by atoms with Crippen LogP contribution in [0.25, 0.3) is 11.3 Å². The number of carbonyl (C=O) groups excluding carboxylic acids is 1. The Labute approximate surface area is 202 Å². The number of hydrogen-bond acceptors (Lipinski definition) is 3. The van der Waals surface area contributed by atoms with E-state index in [1.165, 1.54) is 38.2 Å². The van der Waals surface area contributed by atoms with E-state index in [2.05, 4.69) is 21.2 Å². The van der Waals surface area contributed by atoms with Crippen LogP contribution in [-0.2, 0) is 30.5 Å². The van der Waals surface area contributed by atoms with Gasteiger partial charge in [-0.05, 0) is 66.6 Å². The Morgan fingerprint density at radius 1 is 1.03 bits per heavy atom. The molecule has 33 heavy (non-hydrogen) atoms. The molecule has 0 aliphatic heterocycles. The highest BCUT2D eigenvalue weighted by atomic mass is 79.9. The van der Waals surface area contributed by atoms with Gasteiger partial charge < -0.3 is 5.32 Å². The standard InChI is InChI=1S/C27H27BrFN3O/c28-20-9-6-18(7-10-20)15-25(33)32-27-24(14-17-4-2-1-3-5-17)30-26-22-12-11-21(29)16-19(22)8-13-23(26)31-27/h6-7,9-12,16-17H,1-5,8,13-15H2,(H,31,32,33). The fourth-order valence-corrected chi connectivity index (χ4v) is 5.28. The van der Waals surface area contributed by atoms with Gasteiger partial charge >= 0.3 is 0 Å². The van der Waals surface area contributed by atoms with Crippen molar-refractivity contribution in [1.82, 2.24) is 9.97 Å². The van der Waals surface area contributed by atoms with Crippen molar-refractivity contribution in [2.45, 2.75) is 57.8 Å². The minimum Gasteiger partial charge on any atom is -0.309 e. The highest BCUT2D eigenvalue weighted by Crippen LogP contribution is 2.35. The van der Waals surface area contributed by atoms with Crippen molar-refractivity contribution in [1.29, 1.82) is 0 Å². The van der Waals surface area contributed by atoms with Gasteiger partial charge in [-0.2, -0.15) is 0 Å². The van der Waals surface area contributed by atoms with Crippen molar-refractivity contribution in [3.05, 3.63) is 75.3 Å². The van der Waals surface area contributed by atoms with Crippen LogP contribution in [0.1, 0.15) is 54.6 Å². The number of benzene rings is 2. The highest BCUT2D eigenvalue weighted by Gasteiger charge is 2.25. The maximum absolute atomic E-state index is 13.8. The molecule has 0 bridgehead atoms. The second-order valence-corrected chi connectivity index (χ2v) is 10.1. The summed E-state index contributed by atoms with van der Waals surface area (Å²) in [5.74, 6) is 0.843. The van der Waals surface area contributed by atoms with Crippen molar-refractivity contribution in [2.75, 3.05) is 5.32 Å². The molecule has 0 atom stereocenters. The molecule has 4 nitrogen and oxygen atoms in total. The minimum absolute atomic E-state index is 0.0882. The number of aryl methyl sites for hydroxylation is 2. The van der Waals surface area contributed by atoms with Gasteiger partial charge in [0.2, 0.25) is 5.91 Å². The van der Waals surface area contributed by atoms with E-state index >= 15 is 0 Å². The van der Waals surface area contributed by atoms with Gasteiger partial charge in [-0.1, -0.05) is 60.2 Å². The Morgan fingerprint density at radius 2 is 1.82 bits per heavy atom. The lowest BCUT2D eigenvalue weighted by Crippen LogP contribution is -2.21. The molecule has 1 heterocycles. The molecule has 3 aromatic rings. The number of nitrogens with one attached hydrogen (secondary N) is 1. The molecule has 2 aromatic carbocycles. The van der Waals surface area contributed by atoms with Crippen LogP contribution >= 0.6 is 15.9 Å². The zero-order chi connectivity index (χ0) is 22.8. The number of hydrogen-bond donors (Lipinski definition) is 1. The minimum atomic E-state index is -0.218. The van der Waals surface area contributed by atoms with E-state index in [4.69, 9.17) is 9.97 Å². The number of nitrogens with zero attached hydrogens (tertiary/aromatic N) is 2. The third kappa shape index (κ3) is 5.16. The van der Waals surface area contributed by atoms with Crippen LogP contribution < -0.4 is 5.32 Å². The summed E-state index contributed by atoms with van der Waals surface area (Å²) < 4.78 is 14.8. The van der Waals surface area contributed by atoms with Gasteiger partial charge in [-0.15, -0.1) is 0 Å². The maximum atomic E-state index is 13.8. The number of aromatic nitrogens is 2. The molecular formula is C27H27BrFN3O. The van der Waals surface area contributed by atoms with Gasteiger partial charge in [-0.3, -0.25) is 4.79 Å². The first-order chi connectivity index (χ1) is 16.0. The zero-order valence-corrected chi connectivity index (χ0v) is 20.1. The van der Waals surface area contributed by atoms with E-state index in [0.717, 1.165) is 51.1 Å². The van der Waals surface area contributed by atoms with Crippen LogP contribution in [0.4, 0.5) is 10.2 Å². The summed E-state index contributed by atoms with van der Waals surface area (Å²) >= 11 is 3.43. The topological polar surface area (TPSA) is 54.9 Å². The fraction of sp³-hybridized carbons (Fsp3) is 0.370. The predicted octanol–water partition coefficient (Wildman–Crippen LogP) is 6.45. The van der Waals surface area contributed by atoms with Crippen molar-refractivity contribution < 1.29 is 9.18 Å². The molecule has 5 rings (SSSR count). The monoisotopic (exact) mass is 507 g/mol. The maximum Gasteiger partial charge on any atom is 0.229 e. The molecule has 1 fully saturated rings. The summed E-state index contributed by atoms with van der Waals surface area (Å²) in [4.78, 5) is 22.8. The van der Waals surface area contributed by atoms with E-state index in [0.29, 0.717) is 18.2 Å². The Balaban J connectivity index is 1.46. The summed E-state index contributed by atoms with van der Waals surface area (Å²) in [6, 6.07) is 12.7. The van der Waals surface area contributed by atoms with Crippen molar-refractivity contribution >= 4 is 27.7 Å². The second kappa shape index (κ2) is 9.72. The average Bonchev–Trinajstić information content (AvgIpc) is 2.81. The molecule has 1 amide bonds. The summed E-state index contributed by atoms with van der Waals surface area (Å²) in [6.07, 6.45) is 8.68. The largest absolute Gasteiger partial charge is 0.309 e. The second-order valence-electron chi connectivity index (χ2n) is 9.18. The predicted molar refractivity (Wildman–Crippen MR) is 132 cm³/mol.